The van der Waals surface area contributed by atoms with E-state index >= 15 is 0 Å². The minimum atomic E-state index is -0.179. The number of nitrogens with one attached hydrogen (secondary N) is 2. The Kier molecular flexibility index (Phi) is 5.76. The quantitative estimate of drug-likeness (QED) is 0.699. The highest BCUT2D eigenvalue weighted by Crippen LogP contribution is 2.26. The fraction of sp³-hybridized carbons (Fsp3) is 0.333. The van der Waals surface area contributed by atoms with Crippen LogP contribution in [-0.2, 0) is 0 Å². The average Bonchev–Trinajstić information content (AvgIpc) is 2.76. The lowest BCUT2D eigenvalue weighted by Crippen LogP contribution is -2.42. The second kappa shape index (κ2) is 8.62. The molecule has 0 saturated carbocycles. The van der Waals surface area contributed by atoms with E-state index in [-0.39, 0.29) is 17.5 Å². The number of carbonyl (C=O) groups is 1. The Hall–Kier alpha value is -2.92. The number of pyridine rings is 1. The number of carbonyl (C=O) groups excluding carboxylic acids is 1. The molecule has 3 aromatic rings. The molecule has 5 nitrogen and oxygen atoms in total. The molecule has 4 rings (SSSR count). The summed E-state index contributed by atoms with van der Waals surface area (Å²) in [6, 6.07) is 17.7. The Morgan fingerprint density at radius 1 is 1.07 bits per heavy atom. The van der Waals surface area contributed by atoms with Gasteiger partial charge in [0.1, 0.15) is 0 Å². The topological polar surface area (TPSA) is 65.2 Å². The summed E-state index contributed by atoms with van der Waals surface area (Å²) in [7, 11) is 0. The summed E-state index contributed by atoms with van der Waals surface area (Å²) >= 11 is 0. The van der Waals surface area contributed by atoms with E-state index < -0.39 is 0 Å². The summed E-state index contributed by atoms with van der Waals surface area (Å²) in [6.45, 7) is 4.92. The van der Waals surface area contributed by atoms with E-state index in [9.17, 15) is 9.59 Å². The summed E-state index contributed by atoms with van der Waals surface area (Å²) in [5.74, 6) is 0.591. The minimum Gasteiger partial charge on any atom is -0.350 e. The van der Waals surface area contributed by atoms with E-state index in [4.69, 9.17) is 0 Å². The van der Waals surface area contributed by atoms with Crippen LogP contribution in [0.1, 0.15) is 41.7 Å². The van der Waals surface area contributed by atoms with E-state index in [1.165, 1.54) is 24.6 Å². The van der Waals surface area contributed by atoms with Gasteiger partial charge in [0.15, 0.2) is 0 Å². The Bertz CT molecular complexity index is 1040. The summed E-state index contributed by atoms with van der Waals surface area (Å²) < 4.78 is 0. The number of amides is 1. The molecule has 2 heterocycles. The van der Waals surface area contributed by atoms with Gasteiger partial charge in [0.05, 0.1) is 11.6 Å². The molecule has 1 atom stereocenters. The van der Waals surface area contributed by atoms with Gasteiger partial charge in [-0.25, -0.2) is 0 Å². The maximum absolute atomic E-state index is 13.0. The van der Waals surface area contributed by atoms with Crippen LogP contribution in [-0.4, -0.2) is 35.4 Å². The normalized spacial score (nSPS) is 16.6. The highest BCUT2D eigenvalue weighted by Gasteiger charge is 2.25. The van der Waals surface area contributed by atoms with Crippen LogP contribution in [0.15, 0.2) is 65.6 Å². The number of fused-ring (bicyclic) bond motifs is 1. The van der Waals surface area contributed by atoms with Gasteiger partial charge in [-0.3, -0.25) is 14.5 Å². The lowest BCUT2D eigenvalue weighted by Gasteiger charge is -2.37. The molecule has 2 aromatic carbocycles. The van der Waals surface area contributed by atoms with Crippen LogP contribution in [0, 0.1) is 5.92 Å². The number of piperidine rings is 1. The molecule has 1 amide bonds. The summed E-state index contributed by atoms with van der Waals surface area (Å²) in [6.07, 6.45) is 3.88. The molecule has 29 heavy (non-hydrogen) atoms. The Balaban J connectivity index is 1.55. The lowest BCUT2D eigenvalue weighted by molar-refractivity contribution is 0.0914. The highest BCUT2D eigenvalue weighted by molar-refractivity contribution is 6.06. The van der Waals surface area contributed by atoms with Crippen LogP contribution in [0.3, 0.4) is 0 Å². The fourth-order valence-electron chi connectivity index (χ4n) is 4.15. The highest BCUT2D eigenvalue weighted by atomic mass is 16.1. The maximum Gasteiger partial charge on any atom is 0.255 e. The zero-order valence-electron chi connectivity index (χ0n) is 16.7. The van der Waals surface area contributed by atoms with E-state index in [0.29, 0.717) is 22.9 Å². The van der Waals surface area contributed by atoms with E-state index in [0.717, 1.165) is 19.0 Å². The molecule has 1 unspecified atom stereocenters. The largest absolute Gasteiger partial charge is 0.350 e. The van der Waals surface area contributed by atoms with Gasteiger partial charge in [-0.1, -0.05) is 55.5 Å². The van der Waals surface area contributed by atoms with Crippen molar-refractivity contribution in [3.63, 3.8) is 0 Å². The van der Waals surface area contributed by atoms with E-state index in [1.54, 1.807) is 6.07 Å². The van der Waals surface area contributed by atoms with Gasteiger partial charge in [-0.15, -0.1) is 0 Å². The number of rotatable bonds is 5. The molecule has 0 spiro atoms. The van der Waals surface area contributed by atoms with Crippen molar-refractivity contribution in [1.29, 1.82) is 0 Å². The van der Waals surface area contributed by atoms with Crippen molar-refractivity contribution in [2.24, 2.45) is 5.92 Å². The predicted molar refractivity (Wildman–Crippen MR) is 116 cm³/mol. The zero-order chi connectivity index (χ0) is 20.2. The van der Waals surface area contributed by atoms with Crippen molar-refractivity contribution in [3.05, 3.63) is 82.3 Å². The van der Waals surface area contributed by atoms with Gasteiger partial charge in [0.25, 0.3) is 11.5 Å². The third kappa shape index (κ3) is 4.25. The van der Waals surface area contributed by atoms with Crippen molar-refractivity contribution < 1.29 is 4.79 Å². The molecular formula is C24H27N3O2. The number of hydrogen-bond acceptors (Lipinski definition) is 3. The zero-order valence-corrected chi connectivity index (χ0v) is 16.7. The number of nitrogens with zero attached hydrogens (tertiary/aromatic N) is 1. The molecule has 2 N–H and O–H groups in total. The standard InChI is InChI=1S/C24H27N3O2/c1-17-11-13-27(14-12-17)22(18-7-3-2-4-8-18)16-26-24(29)21-15-25-23(28)20-10-6-5-9-19(20)21/h2-10,15,17,22H,11-14,16H2,1H3,(H,25,28)(H,26,29). The first-order chi connectivity index (χ1) is 14.1. The third-order valence-electron chi connectivity index (χ3n) is 5.95. The number of aromatic nitrogens is 1. The number of benzene rings is 2. The molecule has 0 aliphatic carbocycles. The monoisotopic (exact) mass is 389 g/mol. The molecule has 150 valence electrons. The van der Waals surface area contributed by atoms with Crippen LogP contribution in [0.25, 0.3) is 10.8 Å². The molecule has 1 fully saturated rings. The molecule has 0 radical (unpaired) electrons. The van der Waals surface area contributed by atoms with E-state index in [1.807, 2.05) is 36.4 Å². The SMILES string of the molecule is CC1CCN(C(CNC(=O)c2c[nH]c(=O)c3ccccc23)c2ccccc2)CC1. The van der Waals surface area contributed by atoms with Crippen molar-refractivity contribution in [2.75, 3.05) is 19.6 Å². The van der Waals surface area contributed by atoms with Crippen molar-refractivity contribution in [2.45, 2.75) is 25.8 Å². The van der Waals surface area contributed by atoms with Gasteiger partial charge in [-0.05, 0) is 43.5 Å². The first-order valence-electron chi connectivity index (χ1n) is 10.3. The van der Waals surface area contributed by atoms with Gasteiger partial charge in [0.2, 0.25) is 0 Å². The van der Waals surface area contributed by atoms with Crippen molar-refractivity contribution in [1.82, 2.24) is 15.2 Å². The molecule has 1 saturated heterocycles. The van der Waals surface area contributed by atoms with Crippen LogP contribution < -0.4 is 10.9 Å². The van der Waals surface area contributed by atoms with Crippen LogP contribution >= 0.6 is 0 Å². The summed E-state index contributed by atoms with van der Waals surface area (Å²) in [5.41, 5.74) is 1.54. The molecule has 1 aliphatic rings. The predicted octanol–water partition coefficient (Wildman–Crippen LogP) is 3.73. The van der Waals surface area contributed by atoms with Crippen molar-refractivity contribution >= 4 is 16.7 Å². The maximum atomic E-state index is 13.0. The van der Waals surface area contributed by atoms with Gasteiger partial charge < -0.3 is 10.3 Å². The van der Waals surface area contributed by atoms with Crippen molar-refractivity contribution in [3.8, 4) is 0 Å². The Labute approximate surface area is 170 Å². The molecule has 1 aliphatic heterocycles. The fourth-order valence-corrected chi connectivity index (χ4v) is 4.15. The summed E-state index contributed by atoms with van der Waals surface area (Å²) in [4.78, 5) is 30.2. The summed E-state index contributed by atoms with van der Waals surface area (Å²) in [5, 5.41) is 4.32. The number of aromatic amines is 1. The van der Waals surface area contributed by atoms with Gasteiger partial charge in [0, 0.05) is 23.5 Å². The van der Waals surface area contributed by atoms with Crippen LogP contribution in [0.2, 0.25) is 0 Å². The van der Waals surface area contributed by atoms with Crippen LogP contribution in [0.4, 0.5) is 0 Å². The lowest BCUT2D eigenvalue weighted by atomic mass is 9.95. The third-order valence-corrected chi connectivity index (χ3v) is 5.95. The molecular weight excluding hydrogens is 362 g/mol. The first kappa shape index (κ1) is 19.4. The number of hydrogen-bond donors (Lipinski definition) is 2. The molecule has 0 bridgehead atoms. The first-order valence-corrected chi connectivity index (χ1v) is 10.3. The molecule has 5 heteroatoms. The minimum absolute atomic E-state index is 0.140. The van der Waals surface area contributed by atoms with Gasteiger partial charge in [-0.2, -0.15) is 0 Å². The smallest absolute Gasteiger partial charge is 0.255 e. The Morgan fingerprint density at radius 2 is 1.72 bits per heavy atom. The number of likely N-dealkylation sites (tertiary alicyclic amines) is 1. The van der Waals surface area contributed by atoms with E-state index in [2.05, 4.69) is 34.3 Å². The van der Waals surface area contributed by atoms with Crippen LogP contribution in [0.5, 0.6) is 0 Å². The second-order valence-corrected chi connectivity index (χ2v) is 7.93. The molecule has 1 aromatic heterocycles. The van der Waals surface area contributed by atoms with Gasteiger partial charge >= 0.3 is 0 Å². The Morgan fingerprint density at radius 3 is 2.45 bits per heavy atom. The average molecular weight is 389 g/mol. The number of H-pyrrole nitrogens is 1. The second-order valence-electron chi connectivity index (χ2n) is 7.93.